The van der Waals surface area contributed by atoms with Crippen LogP contribution in [-0.2, 0) is 11.2 Å². The number of carbonyl (C=O) groups excluding carboxylic acids is 1. The monoisotopic (exact) mass is 381 g/mol. The number of piperidine rings is 1. The Hall–Kier alpha value is -1.56. The van der Waals surface area contributed by atoms with Crippen molar-refractivity contribution in [2.24, 2.45) is 0 Å². The zero-order valence-corrected chi connectivity index (χ0v) is 15.3. The lowest BCUT2D eigenvalue weighted by molar-refractivity contribution is -0.121. The van der Waals surface area contributed by atoms with Gasteiger partial charge in [0.1, 0.15) is 6.26 Å². The first-order chi connectivity index (χ1) is 11.7. The summed E-state index contributed by atoms with van der Waals surface area (Å²) in [5, 5.41) is 7.39. The van der Waals surface area contributed by atoms with Gasteiger partial charge >= 0.3 is 0 Å². The van der Waals surface area contributed by atoms with Gasteiger partial charge in [-0.1, -0.05) is 11.6 Å². The zero-order valence-electron chi connectivity index (χ0n) is 13.7. The smallest absolute Gasteiger partial charge is 0.226 e. The van der Waals surface area contributed by atoms with E-state index in [0.717, 1.165) is 18.4 Å². The third-order valence-corrected chi connectivity index (χ3v) is 5.07. The SMILES string of the molecule is Cl.O=C(Cc1coc(-c2ccc(Cl)cc2)n1)NC1CC2CCC(C1)N2. The van der Waals surface area contributed by atoms with Crippen LogP contribution in [0.2, 0.25) is 5.02 Å². The summed E-state index contributed by atoms with van der Waals surface area (Å²) in [6, 6.07) is 8.69. The summed E-state index contributed by atoms with van der Waals surface area (Å²) < 4.78 is 5.48. The molecule has 0 radical (unpaired) electrons. The predicted octanol–water partition coefficient (Wildman–Crippen LogP) is 3.36. The molecular weight excluding hydrogens is 361 g/mol. The van der Waals surface area contributed by atoms with E-state index < -0.39 is 0 Å². The highest BCUT2D eigenvalue weighted by Gasteiger charge is 2.33. The van der Waals surface area contributed by atoms with Crippen LogP contribution in [0, 0.1) is 0 Å². The minimum absolute atomic E-state index is 0. The number of fused-ring (bicyclic) bond motifs is 2. The standard InChI is InChI=1S/C18H20ClN3O2.ClH/c19-12-3-1-11(2-4-12)18-22-16(10-24-18)9-17(23)21-15-7-13-5-6-14(8-15)20-13;/h1-4,10,13-15,20H,5-9H2,(H,21,23);1H. The van der Waals surface area contributed by atoms with Crippen LogP contribution < -0.4 is 10.6 Å². The van der Waals surface area contributed by atoms with Crippen LogP contribution in [0.1, 0.15) is 31.4 Å². The van der Waals surface area contributed by atoms with Crippen LogP contribution in [0.25, 0.3) is 11.5 Å². The number of carbonyl (C=O) groups is 1. The maximum Gasteiger partial charge on any atom is 0.226 e. The molecule has 2 aromatic rings. The van der Waals surface area contributed by atoms with Crippen LogP contribution >= 0.6 is 24.0 Å². The van der Waals surface area contributed by atoms with Gasteiger partial charge in [-0.3, -0.25) is 4.79 Å². The van der Waals surface area contributed by atoms with E-state index in [9.17, 15) is 4.79 Å². The van der Waals surface area contributed by atoms with Crippen molar-refractivity contribution in [1.29, 1.82) is 0 Å². The van der Waals surface area contributed by atoms with Crippen LogP contribution in [0.5, 0.6) is 0 Å². The Labute approximate surface area is 157 Å². The van der Waals surface area contributed by atoms with Gasteiger partial charge in [-0.05, 0) is 49.9 Å². The number of benzene rings is 1. The van der Waals surface area contributed by atoms with E-state index in [0.29, 0.717) is 28.7 Å². The molecule has 2 N–H and O–H groups in total. The number of oxazole rings is 1. The molecule has 2 aliphatic rings. The Balaban J connectivity index is 0.00000182. The summed E-state index contributed by atoms with van der Waals surface area (Å²) in [5.74, 6) is 0.520. The summed E-state index contributed by atoms with van der Waals surface area (Å²) in [4.78, 5) is 16.7. The molecule has 1 aromatic heterocycles. The number of halogens is 2. The molecule has 0 spiro atoms. The zero-order chi connectivity index (χ0) is 16.5. The van der Waals surface area contributed by atoms with Crippen molar-refractivity contribution in [3.63, 3.8) is 0 Å². The number of nitrogens with one attached hydrogen (secondary N) is 2. The first-order valence-electron chi connectivity index (χ1n) is 8.41. The van der Waals surface area contributed by atoms with E-state index >= 15 is 0 Å². The number of hydrogen-bond donors (Lipinski definition) is 2. The molecule has 134 valence electrons. The molecule has 0 saturated carbocycles. The van der Waals surface area contributed by atoms with Crippen molar-refractivity contribution in [2.45, 2.75) is 50.2 Å². The molecular formula is C18H21Cl2N3O2. The Morgan fingerprint density at radius 2 is 1.92 bits per heavy atom. The number of aromatic nitrogens is 1. The predicted molar refractivity (Wildman–Crippen MR) is 99.0 cm³/mol. The van der Waals surface area contributed by atoms with Crippen molar-refractivity contribution < 1.29 is 9.21 Å². The molecule has 7 heteroatoms. The Kier molecular flexibility index (Phi) is 5.67. The van der Waals surface area contributed by atoms with Gasteiger partial charge in [-0.15, -0.1) is 12.4 Å². The number of nitrogens with zero attached hydrogens (tertiary/aromatic N) is 1. The van der Waals surface area contributed by atoms with Gasteiger partial charge in [0.05, 0.1) is 12.1 Å². The molecule has 0 aliphatic carbocycles. The summed E-state index contributed by atoms with van der Waals surface area (Å²) >= 11 is 5.88. The van der Waals surface area contributed by atoms with Gasteiger partial charge in [0.25, 0.3) is 0 Å². The fourth-order valence-electron chi connectivity index (χ4n) is 3.73. The number of hydrogen-bond acceptors (Lipinski definition) is 4. The molecule has 4 rings (SSSR count). The highest BCUT2D eigenvalue weighted by atomic mass is 35.5. The second-order valence-electron chi connectivity index (χ2n) is 6.70. The largest absolute Gasteiger partial charge is 0.444 e. The minimum atomic E-state index is 0. The van der Waals surface area contributed by atoms with Crippen molar-refractivity contribution in [2.75, 3.05) is 0 Å². The van der Waals surface area contributed by atoms with E-state index in [1.54, 1.807) is 18.4 Å². The molecule has 2 fully saturated rings. The van der Waals surface area contributed by atoms with Crippen molar-refractivity contribution >= 4 is 29.9 Å². The lowest BCUT2D eigenvalue weighted by atomic mass is 9.99. The van der Waals surface area contributed by atoms with Crippen molar-refractivity contribution in [3.8, 4) is 11.5 Å². The third-order valence-electron chi connectivity index (χ3n) is 4.82. The quantitative estimate of drug-likeness (QED) is 0.851. The summed E-state index contributed by atoms with van der Waals surface area (Å²) in [7, 11) is 0. The first kappa shape index (κ1) is 18.2. The summed E-state index contributed by atoms with van der Waals surface area (Å²) in [5.41, 5.74) is 1.50. The van der Waals surface area contributed by atoms with Crippen molar-refractivity contribution in [3.05, 3.63) is 41.2 Å². The van der Waals surface area contributed by atoms with E-state index in [1.807, 2.05) is 12.1 Å². The maximum absolute atomic E-state index is 12.3. The van der Waals surface area contributed by atoms with Crippen LogP contribution in [0.4, 0.5) is 0 Å². The molecule has 5 nitrogen and oxygen atoms in total. The highest BCUT2D eigenvalue weighted by molar-refractivity contribution is 6.30. The topological polar surface area (TPSA) is 67.2 Å². The molecule has 2 atom stereocenters. The van der Waals surface area contributed by atoms with E-state index in [4.69, 9.17) is 16.0 Å². The third kappa shape index (κ3) is 4.35. The van der Waals surface area contributed by atoms with Crippen molar-refractivity contribution in [1.82, 2.24) is 15.6 Å². The van der Waals surface area contributed by atoms with Gasteiger partial charge in [0.15, 0.2) is 0 Å². The lowest BCUT2D eigenvalue weighted by Crippen LogP contribution is -2.48. The van der Waals surface area contributed by atoms with Crippen LogP contribution in [0.3, 0.4) is 0 Å². The molecule has 3 heterocycles. The Morgan fingerprint density at radius 1 is 1.24 bits per heavy atom. The van der Waals surface area contributed by atoms with E-state index in [-0.39, 0.29) is 30.8 Å². The lowest BCUT2D eigenvalue weighted by Gasteiger charge is -2.29. The van der Waals surface area contributed by atoms with Gasteiger partial charge < -0.3 is 15.1 Å². The van der Waals surface area contributed by atoms with Gasteiger partial charge in [-0.2, -0.15) is 0 Å². The molecule has 2 saturated heterocycles. The fraction of sp³-hybridized carbons (Fsp3) is 0.444. The van der Waals surface area contributed by atoms with Crippen LogP contribution in [0.15, 0.2) is 34.9 Å². The average Bonchev–Trinajstić information content (AvgIpc) is 3.14. The second-order valence-corrected chi connectivity index (χ2v) is 7.14. The maximum atomic E-state index is 12.3. The molecule has 2 bridgehead atoms. The van der Waals surface area contributed by atoms with Gasteiger partial charge in [0.2, 0.25) is 11.8 Å². The van der Waals surface area contributed by atoms with E-state index in [1.165, 1.54) is 12.8 Å². The minimum Gasteiger partial charge on any atom is -0.444 e. The molecule has 25 heavy (non-hydrogen) atoms. The highest BCUT2D eigenvalue weighted by Crippen LogP contribution is 2.27. The van der Waals surface area contributed by atoms with Gasteiger partial charge in [0, 0.05) is 28.7 Å². The fourth-order valence-corrected chi connectivity index (χ4v) is 3.86. The summed E-state index contributed by atoms with van der Waals surface area (Å²) in [6.45, 7) is 0. The molecule has 1 amide bonds. The average molecular weight is 382 g/mol. The van der Waals surface area contributed by atoms with Crippen LogP contribution in [-0.4, -0.2) is 29.0 Å². The molecule has 1 aromatic carbocycles. The molecule has 2 unspecified atom stereocenters. The van der Waals surface area contributed by atoms with E-state index in [2.05, 4.69) is 15.6 Å². The van der Waals surface area contributed by atoms with Gasteiger partial charge in [-0.25, -0.2) is 4.98 Å². The second kappa shape index (κ2) is 7.77. The first-order valence-corrected chi connectivity index (χ1v) is 8.79. The Morgan fingerprint density at radius 3 is 2.60 bits per heavy atom. The number of rotatable bonds is 4. The normalized spacial score (nSPS) is 24.6. The molecule has 2 aliphatic heterocycles. The summed E-state index contributed by atoms with van der Waals surface area (Å²) in [6.07, 6.45) is 6.30. The number of amides is 1. The Bertz CT molecular complexity index is 720.